The average Bonchev–Trinajstić information content (AvgIpc) is 2.57. The number of terminal acetylenes is 1. The lowest BCUT2D eigenvalue weighted by Gasteiger charge is -2.21. The maximum absolute atomic E-state index is 11.0. The van der Waals surface area contributed by atoms with Crippen molar-refractivity contribution in [3.8, 4) is 12.3 Å². The summed E-state index contributed by atoms with van der Waals surface area (Å²) < 4.78 is 20.1. The summed E-state index contributed by atoms with van der Waals surface area (Å²) in [5.74, 6) is 1.07. The van der Waals surface area contributed by atoms with E-state index >= 15 is 0 Å². The van der Waals surface area contributed by atoms with Crippen LogP contribution in [0.1, 0.15) is 13.8 Å². The standard InChI is InChI=1S/C12H16O7/c1-4-5-16-6-9-10(17-7(2)13)11(12(15)19-9)18-8(3)14/h1,9-12,15H,5-6H2,2-3H3/t9?,10-,11-,12-/m1/s1. The van der Waals surface area contributed by atoms with Gasteiger partial charge in [0.2, 0.25) is 0 Å². The summed E-state index contributed by atoms with van der Waals surface area (Å²) in [6, 6.07) is 0. The Hall–Kier alpha value is -1.62. The Balaban J connectivity index is 2.71. The smallest absolute Gasteiger partial charge is 0.303 e. The fourth-order valence-electron chi connectivity index (χ4n) is 1.73. The fourth-order valence-corrected chi connectivity index (χ4v) is 1.73. The van der Waals surface area contributed by atoms with Gasteiger partial charge in [0.05, 0.1) is 6.61 Å². The molecule has 7 heteroatoms. The van der Waals surface area contributed by atoms with Crippen LogP contribution < -0.4 is 0 Å². The van der Waals surface area contributed by atoms with Crippen molar-refractivity contribution in [1.82, 2.24) is 0 Å². The van der Waals surface area contributed by atoms with Crippen LogP contribution in [0.5, 0.6) is 0 Å². The van der Waals surface area contributed by atoms with Gasteiger partial charge in [-0.3, -0.25) is 9.59 Å². The Morgan fingerprint density at radius 2 is 1.84 bits per heavy atom. The van der Waals surface area contributed by atoms with Gasteiger partial charge in [-0.2, -0.15) is 0 Å². The van der Waals surface area contributed by atoms with Gasteiger partial charge in [-0.1, -0.05) is 5.92 Å². The second kappa shape index (κ2) is 7.09. The second-order valence-electron chi connectivity index (χ2n) is 3.93. The summed E-state index contributed by atoms with van der Waals surface area (Å²) in [7, 11) is 0. The minimum absolute atomic E-state index is 0.0109. The zero-order chi connectivity index (χ0) is 14.4. The Kier molecular flexibility index (Phi) is 5.76. The van der Waals surface area contributed by atoms with Crippen LogP contribution in [0, 0.1) is 12.3 Å². The van der Waals surface area contributed by atoms with Gasteiger partial charge >= 0.3 is 11.9 Å². The van der Waals surface area contributed by atoms with Gasteiger partial charge in [0.15, 0.2) is 18.5 Å². The second-order valence-corrected chi connectivity index (χ2v) is 3.93. The van der Waals surface area contributed by atoms with Crippen LogP contribution >= 0.6 is 0 Å². The average molecular weight is 272 g/mol. The van der Waals surface area contributed by atoms with Crippen molar-refractivity contribution in [3.63, 3.8) is 0 Å². The van der Waals surface area contributed by atoms with E-state index < -0.39 is 36.5 Å². The molecule has 1 heterocycles. The number of carbonyl (C=O) groups is 2. The minimum Gasteiger partial charge on any atom is -0.455 e. The van der Waals surface area contributed by atoms with E-state index in [-0.39, 0.29) is 13.2 Å². The Morgan fingerprint density at radius 3 is 2.37 bits per heavy atom. The molecule has 7 nitrogen and oxygen atoms in total. The lowest BCUT2D eigenvalue weighted by Crippen LogP contribution is -2.41. The molecule has 1 unspecified atom stereocenters. The van der Waals surface area contributed by atoms with Crippen molar-refractivity contribution in [1.29, 1.82) is 0 Å². The first-order valence-corrected chi connectivity index (χ1v) is 5.65. The number of hydrogen-bond donors (Lipinski definition) is 1. The SMILES string of the molecule is C#CCOCC1O[C@@H](O)[C@H](OC(C)=O)[C@@H]1OC(C)=O. The number of aliphatic hydroxyl groups excluding tert-OH is 1. The van der Waals surface area contributed by atoms with E-state index in [0.717, 1.165) is 0 Å². The normalized spacial score (nSPS) is 29.6. The van der Waals surface area contributed by atoms with Gasteiger partial charge in [-0.15, -0.1) is 6.42 Å². The highest BCUT2D eigenvalue weighted by Gasteiger charge is 2.48. The molecule has 0 bridgehead atoms. The molecule has 19 heavy (non-hydrogen) atoms. The van der Waals surface area contributed by atoms with E-state index in [0.29, 0.717) is 0 Å². The van der Waals surface area contributed by atoms with Gasteiger partial charge in [0.25, 0.3) is 0 Å². The van der Waals surface area contributed by atoms with Crippen LogP contribution in [0.2, 0.25) is 0 Å². The van der Waals surface area contributed by atoms with Gasteiger partial charge in [-0.05, 0) is 0 Å². The molecular weight excluding hydrogens is 256 g/mol. The summed E-state index contributed by atoms with van der Waals surface area (Å²) in [4.78, 5) is 22.0. The van der Waals surface area contributed by atoms with E-state index in [9.17, 15) is 14.7 Å². The Bertz CT molecular complexity index is 373. The largest absolute Gasteiger partial charge is 0.455 e. The molecule has 1 rings (SSSR count). The summed E-state index contributed by atoms with van der Waals surface area (Å²) in [5.41, 5.74) is 0. The van der Waals surface area contributed by atoms with E-state index in [1.165, 1.54) is 13.8 Å². The maximum atomic E-state index is 11.0. The lowest BCUT2D eigenvalue weighted by molar-refractivity contribution is -0.174. The zero-order valence-corrected chi connectivity index (χ0v) is 10.7. The van der Waals surface area contributed by atoms with Crippen LogP contribution in [0.15, 0.2) is 0 Å². The summed E-state index contributed by atoms with van der Waals surface area (Å²) in [5, 5.41) is 9.66. The highest BCUT2D eigenvalue weighted by atomic mass is 16.7. The van der Waals surface area contributed by atoms with E-state index in [1.807, 2.05) is 0 Å². The molecule has 1 aliphatic rings. The number of aliphatic hydroxyl groups is 1. The molecule has 0 aromatic rings. The monoisotopic (exact) mass is 272 g/mol. The summed E-state index contributed by atoms with van der Waals surface area (Å²) in [6.45, 7) is 2.45. The van der Waals surface area contributed by atoms with Crippen molar-refractivity contribution < 1.29 is 33.6 Å². The van der Waals surface area contributed by atoms with Gasteiger partial charge < -0.3 is 24.1 Å². The molecule has 0 aliphatic carbocycles. The number of esters is 2. The van der Waals surface area contributed by atoms with E-state index in [2.05, 4.69) is 5.92 Å². The third-order valence-corrected chi connectivity index (χ3v) is 2.36. The topological polar surface area (TPSA) is 91.3 Å². The number of ether oxygens (including phenoxy) is 4. The molecular formula is C12H16O7. The number of carbonyl (C=O) groups excluding carboxylic acids is 2. The van der Waals surface area contributed by atoms with Crippen molar-refractivity contribution in [2.24, 2.45) is 0 Å². The number of hydrogen-bond acceptors (Lipinski definition) is 7. The van der Waals surface area contributed by atoms with Crippen molar-refractivity contribution >= 4 is 11.9 Å². The van der Waals surface area contributed by atoms with Crippen molar-refractivity contribution in [3.05, 3.63) is 0 Å². The highest BCUT2D eigenvalue weighted by molar-refractivity contribution is 5.67. The fraction of sp³-hybridized carbons (Fsp3) is 0.667. The maximum Gasteiger partial charge on any atom is 0.303 e. The zero-order valence-electron chi connectivity index (χ0n) is 10.7. The van der Waals surface area contributed by atoms with Crippen LogP contribution in [-0.2, 0) is 28.5 Å². The minimum atomic E-state index is -1.38. The summed E-state index contributed by atoms with van der Waals surface area (Å²) in [6.07, 6.45) is 0.876. The third kappa shape index (κ3) is 4.52. The molecule has 1 saturated heterocycles. The lowest BCUT2D eigenvalue weighted by atomic mass is 10.1. The molecule has 0 aromatic carbocycles. The van der Waals surface area contributed by atoms with Crippen LogP contribution in [0.3, 0.4) is 0 Å². The predicted molar refractivity (Wildman–Crippen MR) is 61.6 cm³/mol. The van der Waals surface area contributed by atoms with Gasteiger partial charge in [0, 0.05) is 13.8 Å². The molecule has 0 saturated carbocycles. The van der Waals surface area contributed by atoms with Crippen LogP contribution in [0.4, 0.5) is 0 Å². The third-order valence-electron chi connectivity index (χ3n) is 2.36. The van der Waals surface area contributed by atoms with E-state index in [1.54, 1.807) is 0 Å². The molecule has 1 N–H and O–H groups in total. The van der Waals surface area contributed by atoms with E-state index in [4.69, 9.17) is 25.4 Å². The molecule has 4 atom stereocenters. The molecule has 0 radical (unpaired) electrons. The highest BCUT2D eigenvalue weighted by Crippen LogP contribution is 2.26. The quantitative estimate of drug-likeness (QED) is 0.398. The van der Waals surface area contributed by atoms with Gasteiger partial charge in [0.1, 0.15) is 12.7 Å². The van der Waals surface area contributed by atoms with Crippen molar-refractivity contribution in [2.75, 3.05) is 13.2 Å². The Morgan fingerprint density at radius 1 is 1.26 bits per heavy atom. The molecule has 1 aliphatic heterocycles. The first kappa shape index (κ1) is 15.4. The molecule has 0 aromatic heterocycles. The van der Waals surface area contributed by atoms with Crippen LogP contribution in [-0.4, -0.2) is 54.9 Å². The van der Waals surface area contributed by atoms with Gasteiger partial charge in [-0.25, -0.2) is 0 Å². The summed E-state index contributed by atoms with van der Waals surface area (Å²) >= 11 is 0. The van der Waals surface area contributed by atoms with Crippen LogP contribution in [0.25, 0.3) is 0 Å². The molecule has 0 spiro atoms. The molecule has 106 valence electrons. The first-order valence-electron chi connectivity index (χ1n) is 5.65. The Labute approximate surface area is 110 Å². The first-order chi connectivity index (χ1) is 8.95. The molecule has 1 fully saturated rings. The predicted octanol–water partition coefficient (Wildman–Crippen LogP) is -0.783. The molecule has 0 amide bonds. The number of rotatable bonds is 5. The van der Waals surface area contributed by atoms with Crippen molar-refractivity contribution in [2.45, 2.75) is 38.4 Å².